The second-order valence-corrected chi connectivity index (χ2v) is 12.7. The number of hydrogen-bond acceptors (Lipinski definition) is 8. The molecule has 1 fully saturated rings. The molecule has 1 aliphatic carbocycles. The molecule has 0 spiro atoms. The summed E-state index contributed by atoms with van der Waals surface area (Å²) in [4.78, 5) is 27.8. The second kappa shape index (κ2) is 20.2. The summed E-state index contributed by atoms with van der Waals surface area (Å²) in [7, 11) is 3.26. The van der Waals surface area contributed by atoms with Gasteiger partial charge in [-0.15, -0.1) is 0 Å². The number of ether oxygens (including phenoxy) is 2. The Morgan fingerprint density at radius 1 is 0.696 bits per heavy atom. The maximum atomic E-state index is 10.9. The van der Waals surface area contributed by atoms with Crippen molar-refractivity contribution in [3.8, 4) is 23.0 Å². The number of aliphatic carboxylic acids is 2. The van der Waals surface area contributed by atoms with E-state index in [-0.39, 0.29) is 68.0 Å². The van der Waals surface area contributed by atoms with Crippen molar-refractivity contribution in [2.24, 2.45) is 9.98 Å². The van der Waals surface area contributed by atoms with Crippen molar-refractivity contribution in [1.29, 1.82) is 0 Å². The van der Waals surface area contributed by atoms with Gasteiger partial charge >= 0.3 is 33.6 Å². The Morgan fingerprint density at radius 2 is 0.978 bits per heavy atom. The number of carboxylic acid groups (broad SMARTS) is 2. The number of aliphatic imine (C=N–C) groups is 2. The quantitative estimate of drug-likeness (QED) is 0.238. The van der Waals surface area contributed by atoms with Crippen LogP contribution in [0.1, 0.15) is 103 Å². The number of nitrogens with zero attached hydrogens (tertiary/aromatic N) is 2. The molecule has 10 nitrogen and oxygen atoms in total. The first kappa shape index (κ1) is 45.1. The van der Waals surface area contributed by atoms with Crippen LogP contribution in [0.5, 0.6) is 23.0 Å². The zero-order chi connectivity index (χ0) is 33.8. The number of phenolic OH excluding ortho intramolecular Hbond substituents is 2. The van der Waals surface area contributed by atoms with Crippen molar-refractivity contribution >= 4 is 24.4 Å². The van der Waals surface area contributed by atoms with E-state index in [1.807, 2.05) is 24.3 Å². The van der Waals surface area contributed by atoms with Gasteiger partial charge in [-0.25, -0.2) is 0 Å². The molecule has 0 aliphatic heterocycles. The van der Waals surface area contributed by atoms with Crippen molar-refractivity contribution in [2.75, 3.05) is 14.2 Å². The molecule has 46 heavy (non-hydrogen) atoms. The number of aromatic hydroxyl groups is 2. The van der Waals surface area contributed by atoms with E-state index in [9.17, 15) is 10.2 Å². The van der Waals surface area contributed by atoms with Gasteiger partial charge in [0.2, 0.25) is 0 Å². The summed E-state index contributed by atoms with van der Waals surface area (Å²) in [6.07, 6.45) is 7.53. The molecule has 12 heteroatoms. The van der Waals surface area contributed by atoms with Crippen LogP contribution in [0.4, 0.5) is 0 Å². The van der Waals surface area contributed by atoms with Crippen molar-refractivity contribution in [3.05, 3.63) is 46.5 Å². The number of phenols is 2. The Hall–Kier alpha value is -3.07. The van der Waals surface area contributed by atoms with Crippen LogP contribution in [-0.2, 0) is 54.0 Å². The molecule has 2 unspecified atom stereocenters. The first-order chi connectivity index (χ1) is 20.3. The van der Waals surface area contributed by atoms with Gasteiger partial charge in [0, 0.05) is 48.5 Å². The third-order valence-electron chi connectivity index (χ3n) is 6.82. The van der Waals surface area contributed by atoms with E-state index in [1.165, 1.54) is 0 Å². The molecule has 2 aromatic carbocycles. The molecule has 1 aliphatic rings. The Morgan fingerprint density at radius 3 is 1.22 bits per heavy atom. The van der Waals surface area contributed by atoms with Gasteiger partial charge in [0.1, 0.15) is 23.0 Å². The molecule has 1 saturated carbocycles. The predicted octanol–water partition coefficient (Wildman–Crippen LogP) is 6.74. The smallest absolute Gasteiger partial charge is 0.507 e. The number of carbonyl (C=O) groups is 2. The van der Waals surface area contributed by atoms with Gasteiger partial charge < -0.3 is 29.9 Å². The molecule has 3 rings (SSSR count). The van der Waals surface area contributed by atoms with Crippen LogP contribution in [0.15, 0.2) is 34.3 Å². The van der Waals surface area contributed by atoms with Crippen molar-refractivity contribution < 1.29 is 73.0 Å². The molecule has 0 aromatic heterocycles. The molecule has 0 radical (unpaired) electrons. The predicted molar refractivity (Wildman–Crippen MR) is 175 cm³/mol. The summed E-state index contributed by atoms with van der Waals surface area (Å²) < 4.78 is 11.0. The molecule has 0 heterocycles. The molecule has 0 saturated heterocycles. The molecule has 2 atom stereocenters. The minimum absolute atomic E-state index is 0. The minimum Gasteiger partial charge on any atom is -0.507 e. The van der Waals surface area contributed by atoms with Gasteiger partial charge in [-0.3, -0.25) is 19.6 Å². The van der Waals surface area contributed by atoms with E-state index in [0.717, 1.165) is 50.7 Å². The monoisotopic (exact) mass is 732 g/mol. The molecule has 2 aromatic rings. The van der Waals surface area contributed by atoms with Crippen LogP contribution in [0.25, 0.3) is 0 Å². The molecular formula is C34H50Co2N2O8+6. The Balaban J connectivity index is 0. The Labute approximate surface area is 294 Å². The summed E-state index contributed by atoms with van der Waals surface area (Å²) >= 11 is 0. The van der Waals surface area contributed by atoms with Crippen LogP contribution >= 0.6 is 0 Å². The van der Waals surface area contributed by atoms with E-state index in [0.29, 0.717) is 22.6 Å². The van der Waals surface area contributed by atoms with Crippen LogP contribution in [0.3, 0.4) is 0 Å². The van der Waals surface area contributed by atoms with Crippen LogP contribution in [0.2, 0.25) is 0 Å². The van der Waals surface area contributed by atoms with E-state index in [4.69, 9.17) is 39.3 Å². The van der Waals surface area contributed by atoms with Gasteiger partial charge in [0.05, 0.1) is 26.3 Å². The fraction of sp³-hybridized carbons (Fsp3) is 0.529. The number of methoxy groups -OCH3 is 2. The average Bonchev–Trinajstić information content (AvgIpc) is 2.90. The SMILES string of the molecule is CC(=O)O.CC(=O)O.COc1cc(C=NC2CCCCC2N=Cc2cc(OC)cc(C(C)(C)C)c2O)c(O)c(C(C)(C)C)c1.[Co+3].[Co+3]. The zero-order valence-corrected chi connectivity index (χ0v) is 30.5. The van der Waals surface area contributed by atoms with Crippen LogP contribution in [-0.4, -0.2) is 71.1 Å². The summed E-state index contributed by atoms with van der Waals surface area (Å²) in [6.45, 7) is 14.5. The summed E-state index contributed by atoms with van der Waals surface area (Å²) in [5.74, 6) is 0.193. The second-order valence-electron chi connectivity index (χ2n) is 12.7. The first-order valence-electron chi connectivity index (χ1n) is 14.6. The summed E-state index contributed by atoms with van der Waals surface area (Å²) in [5.41, 5.74) is 2.47. The van der Waals surface area contributed by atoms with Crippen molar-refractivity contribution in [1.82, 2.24) is 0 Å². The zero-order valence-electron chi connectivity index (χ0n) is 28.4. The minimum atomic E-state index is -0.833. The summed E-state index contributed by atoms with van der Waals surface area (Å²) in [6, 6.07) is 7.39. The van der Waals surface area contributed by atoms with Gasteiger partial charge in [-0.2, -0.15) is 0 Å². The molecule has 4 N–H and O–H groups in total. The Kier molecular flexibility index (Phi) is 19.8. The van der Waals surface area contributed by atoms with Gasteiger partial charge in [0.25, 0.3) is 11.9 Å². The van der Waals surface area contributed by atoms with Crippen molar-refractivity contribution in [3.63, 3.8) is 0 Å². The van der Waals surface area contributed by atoms with Gasteiger partial charge in [0.15, 0.2) is 0 Å². The topological polar surface area (TPSA) is 158 Å². The van der Waals surface area contributed by atoms with E-state index >= 15 is 0 Å². The summed E-state index contributed by atoms with van der Waals surface area (Å²) in [5, 5.41) is 36.7. The molecular weight excluding hydrogens is 682 g/mol. The largest absolute Gasteiger partial charge is 3.00 e. The number of rotatable bonds is 6. The van der Waals surface area contributed by atoms with E-state index in [1.54, 1.807) is 26.6 Å². The van der Waals surface area contributed by atoms with E-state index < -0.39 is 11.9 Å². The molecule has 0 amide bonds. The van der Waals surface area contributed by atoms with Gasteiger partial charge in [-0.05, 0) is 47.9 Å². The fourth-order valence-electron chi connectivity index (χ4n) is 4.63. The van der Waals surface area contributed by atoms with Crippen LogP contribution < -0.4 is 9.47 Å². The third kappa shape index (κ3) is 15.0. The van der Waals surface area contributed by atoms with Crippen LogP contribution in [0, 0.1) is 0 Å². The number of benzene rings is 2. The fourth-order valence-corrected chi connectivity index (χ4v) is 4.63. The maximum absolute atomic E-state index is 10.9. The normalized spacial score (nSPS) is 16.1. The first-order valence-corrected chi connectivity index (χ1v) is 14.6. The van der Waals surface area contributed by atoms with Gasteiger partial charge in [-0.1, -0.05) is 54.4 Å². The Bertz CT molecular complexity index is 1220. The van der Waals surface area contributed by atoms with E-state index in [2.05, 4.69) is 41.5 Å². The molecule has 0 bridgehead atoms. The maximum Gasteiger partial charge on any atom is 3.00 e. The average molecular weight is 733 g/mol. The number of hydrogen-bond donors (Lipinski definition) is 4. The van der Waals surface area contributed by atoms with Crippen molar-refractivity contribution in [2.45, 2.75) is 104 Å². The molecule has 256 valence electrons. The third-order valence-corrected chi connectivity index (χ3v) is 6.82. The number of carboxylic acids is 2. The standard InChI is InChI=1S/C30H42N2O4.2C2H4O2.2Co/c1-29(2,3)23-15-21(35-7)13-19(27(23)33)17-31-25-11-9-10-12-26(25)32-18-20-14-22(36-8)16-24(28(20)34)30(4,5)6;2*1-2(3)4;;/h13-18,25-26,33-34H,9-12H2,1-8H3;2*1H3,(H,3,4);;/q;;;2*+3.